The maximum Gasteiger partial charge on any atom is 0.128 e. The van der Waals surface area contributed by atoms with E-state index in [0.717, 1.165) is 42.4 Å². The van der Waals surface area contributed by atoms with Gasteiger partial charge in [0.05, 0.1) is 0 Å². The van der Waals surface area contributed by atoms with E-state index in [1.807, 2.05) is 26.0 Å². The maximum absolute atomic E-state index is 11.1. The van der Waals surface area contributed by atoms with E-state index >= 15 is 0 Å². The SMILES string of the molecule is CC1=C(c2ccc(C)cc2O)C=C(O)C(O)(C2CCCCC2)C1. The Kier molecular flexibility index (Phi) is 4.24. The van der Waals surface area contributed by atoms with Crippen molar-refractivity contribution in [3.05, 3.63) is 46.7 Å². The van der Waals surface area contributed by atoms with Gasteiger partial charge < -0.3 is 15.3 Å². The summed E-state index contributed by atoms with van der Waals surface area (Å²) in [5.41, 5.74) is 2.39. The number of aromatic hydroxyl groups is 1. The van der Waals surface area contributed by atoms with Gasteiger partial charge in [-0.25, -0.2) is 0 Å². The average molecular weight is 314 g/mol. The minimum absolute atomic E-state index is 0.0463. The van der Waals surface area contributed by atoms with E-state index in [2.05, 4.69) is 0 Å². The van der Waals surface area contributed by atoms with Gasteiger partial charge in [0.2, 0.25) is 0 Å². The Balaban J connectivity index is 1.95. The summed E-state index contributed by atoms with van der Waals surface area (Å²) >= 11 is 0. The molecule has 1 saturated carbocycles. The molecule has 1 fully saturated rings. The molecular weight excluding hydrogens is 288 g/mol. The molecule has 124 valence electrons. The first kappa shape index (κ1) is 16.1. The summed E-state index contributed by atoms with van der Waals surface area (Å²) in [5.74, 6) is 0.382. The topological polar surface area (TPSA) is 60.7 Å². The van der Waals surface area contributed by atoms with Crippen molar-refractivity contribution in [1.82, 2.24) is 0 Å². The van der Waals surface area contributed by atoms with Gasteiger partial charge in [-0.3, -0.25) is 0 Å². The molecule has 3 nitrogen and oxygen atoms in total. The summed E-state index contributed by atoms with van der Waals surface area (Å²) in [6.45, 7) is 3.91. The summed E-state index contributed by atoms with van der Waals surface area (Å²) in [7, 11) is 0. The molecule has 0 saturated heterocycles. The highest BCUT2D eigenvalue weighted by Crippen LogP contribution is 2.45. The molecule has 0 bridgehead atoms. The average Bonchev–Trinajstić information content (AvgIpc) is 2.52. The Morgan fingerprint density at radius 3 is 2.39 bits per heavy atom. The van der Waals surface area contributed by atoms with Crippen molar-refractivity contribution in [3.8, 4) is 5.75 Å². The van der Waals surface area contributed by atoms with Crippen LogP contribution >= 0.6 is 0 Å². The van der Waals surface area contributed by atoms with Gasteiger partial charge in [-0.05, 0) is 55.9 Å². The standard InChI is InChI=1S/C20H26O3/c1-13-8-9-16(18(21)10-13)17-11-19(22)20(23,12-14(17)2)15-6-4-3-5-7-15/h8-11,15,21-23H,3-7,12H2,1-2H3. The van der Waals surface area contributed by atoms with Crippen LogP contribution < -0.4 is 0 Å². The highest BCUT2D eigenvalue weighted by Gasteiger charge is 2.43. The highest BCUT2D eigenvalue weighted by molar-refractivity contribution is 5.81. The number of hydrogen-bond acceptors (Lipinski definition) is 3. The van der Waals surface area contributed by atoms with Gasteiger partial charge in [-0.1, -0.05) is 37.0 Å². The number of rotatable bonds is 2. The van der Waals surface area contributed by atoms with E-state index in [9.17, 15) is 15.3 Å². The lowest BCUT2D eigenvalue weighted by atomic mass is 9.70. The molecule has 2 aliphatic carbocycles. The predicted octanol–water partition coefficient (Wildman–Crippen LogP) is 4.63. The predicted molar refractivity (Wildman–Crippen MR) is 92.3 cm³/mol. The quantitative estimate of drug-likeness (QED) is 0.746. The van der Waals surface area contributed by atoms with Gasteiger partial charge in [-0.2, -0.15) is 0 Å². The molecule has 3 heteroatoms. The van der Waals surface area contributed by atoms with E-state index in [4.69, 9.17) is 0 Å². The van der Waals surface area contributed by atoms with E-state index in [-0.39, 0.29) is 17.4 Å². The molecule has 0 aromatic heterocycles. The first-order valence-electron chi connectivity index (χ1n) is 8.55. The van der Waals surface area contributed by atoms with Gasteiger partial charge in [0.15, 0.2) is 0 Å². The number of phenols is 1. The molecular formula is C20H26O3. The van der Waals surface area contributed by atoms with Crippen molar-refractivity contribution in [2.75, 3.05) is 0 Å². The third-order valence-electron chi connectivity index (χ3n) is 5.44. The van der Waals surface area contributed by atoms with E-state index in [1.165, 1.54) is 6.42 Å². The van der Waals surface area contributed by atoms with Crippen LogP contribution in [-0.4, -0.2) is 20.9 Å². The Bertz CT molecular complexity index is 665. The molecule has 1 atom stereocenters. The highest BCUT2D eigenvalue weighted by atomic mass is 16.3. The lowest BCUT2D eigenvalue weighted by Gasteiger charge is -2.40. The zero-order valence-corrected chi connectivity index (χ0v) is 14.0. The Hall–Kier alpha value is -1.74. The monoisotopic (exact) mass is 314 g/mol. The van der Waals surface area contributed by atoms with E-state index in [1.54, 1.807) is 12.1 Å². The van der Waals surface area contributed by atoms with E-state index < -0.39 is 5.60 Å². The van der Waals surface area contributed by atoms with Crippen LogP contribution in [0.3, 0.4) is 0 Å². The Morgan fingerprint density at radius 2 is 1.74 bits per heavy atom. The third kappa shape index (κ3) is 2.90. The first-order valence-corrected chi connectivity index (χ1v) is 8.55. The van der Waals surface area contributed by atoms with E-state index in [0.29, 0.717) is 12.0 Å². The number of phenolic OH excluding ortho intramolecular Hbond substituents is 1. The summed E-state index contributed by atoms with van der Waals surface area (Å²) in [6.07, 6.45) is 7.47. The van der Waals surface area contributed by atoms with Gasteiger partial charge in [0.1, 0.15) is 17.1 Å². The van der Waals surface area contributed by atoms with Crippen LogP contribution in [0.4, 0.5) is 0 Å². The van der Waals surface area contributed by atoms with Crippen LogP contribution in [0.1, 0.15) is 56.6 Å². The molecule has 1 aromatic rings. The van der Waals surface area contributed by atoms with Gasteiger partial charge in [0, 0.05) is 12.0 Å². The number of benzene rings is 1. The molecule has 0 aliphatic heterocycles. The smallest absolute Gasteiger partial charge is 0.128 e. The van der Waals surface area contributed by atoms with Crippen molar-refractivity contribution >= 4 is 5.57 Å². The molecule has 1 unspecified atom stereocenters. The van der Waals surface area contributed by atoms with Crippen molar-refractivity contribution in [1.29, 1.82) is 0 Å². The zero-order valence-electron chi connectivity index (χ0n) is 14.0. The second kappa shape index (κ2) is 6.04. The number of allylic oxidation sites excluding steroid dienone is 2. The van der Waals surface area contributed by atoms with Crippen LogP contribution in [-0.2, 0) is 0 Å². The van der Waals surface area contributed by atoms with Gasteiger partial charge in [-0.15, -0.1) is 0 Å². The molecule has 2 aliphatic rings. The number of aryl methyl sites for hydroxylation is 1. The minimum atomic E-state index is -1.14. The van der Waals surface area contributed by atoms with Crippen LogP contribution in [0.25, 0.3) is 5.57 Å². The first-order chi connectivity index (χ1) is 10.9. The molecule has 0 spiro atoms. The second-order valence-electron chi connectivity index (χ2n) is 7.18. The molecule has 0 heterocycles. The van der Waals surface area contributed by atoms with Crippen LogP contribution in [0.5, 0.6) is 5.75 Å². The fraction of sp³-hybridized carbons (Fsp3) is 0.500. The summed E-state index contributed by atoms with van der Waals surface area (Å²) in [5, 5.41) is 31.9. The van der Waals surface area contributed by atoms with Crippen molar-refractivity contribution < 1.29 is 15.3 Å². The molecule has 1 aromatic carbocycles. The van der Waals surface area contributed by atoms with Gasteiger partial charge in [0.25, 0.3) is 0 Å². The maximum atomic E-state index is 11.1. The van der Waals surface area contributed by atoms with Crippen molar-refractivity contribution in [2.24, 2.45) is 5.92 Å². The fourth-order valence-corrected chi connectivity index (χ4v) is 4.09. The van der Waals surface area contributed by atoms with Crippen LogP contribution in [0.2, 0.25) is 0 Å². The number of aliphatic hydroxyl groups excluding tert-OH is 1. The molecule has 3 N–H and O–H groups in total. The normalized spacial score (nSPS) is 26.3. The van der Waals surface area contributed by atoms with Gasteiger partial charge >= 0.3 is 0 Å². The zero-order chi connectivity index (χ0) is 16.6. The second-order valence-corrected chi connectivity index (χ2v) is 7.18. The summed E-state index contributed by atoms with van der Waals surface area (Å²) in [6, 6.07) is 5.54. The number of hydrogen-bond donors (Lipinski definition) is 3. The van der Waals surface area contributed by atoms with Crippen molar-refractivity contribution in [3.63, 3.8) is 0 Å². The van der Waals surface area contributed by atoms with Crippen LogP contribution in [0.15, 0.2) is 35.6 Å². The molecule has 0 amide bonds. The molecule has 23 heavy (non-hydrogen) atoms. The summed E-state index contributed by atoms with van der Waals surface area (Å²) < 4.78 is 0. The lowest BCUT2D eigenvalue weighted by molar-refractivity contribution is -0.0324. The molecule has 0 radical (unpaired) electrons. The molecule has 3 rings (SSSR count). The summed E-state index contributed by atoms with van der Waals surface area (Å²) in [4.78, 5) is 0. The fourth-order valence-electron chi connectivity index (χ4n) is 4.09. The minimum Gasteiger partial charge on any atom is -0.509 e. The van der Waals surface area contributed by atoms with Crippen molar-refractivity contribution in [2.45, 2.75) is 58.0 Å². The largest absolute Gasteiger partial charge is 0.509 e. The Labute approximate surface area is 138 Å². The number of aliphatic hydroxyl groups is 2. The third-order valence-corrected chi connectivity index (χ3v) is 5.44. The van der Waals surface area contributed by atoms with Crippen LogP contribution in [0, 0.1) is 12.8 Å². The lowest BCUT2D eigenvalue weighted by Crippen LogP contribution is -2.42. The Morgan fingerprint density at radius 1 is 1.04 bits per heavy atom.